The van der Waals surface area contributed by atoms with Crippen LogP contribution in [0.2, 0.25) is 0 Å². The van der Waals surface area contributed by atoms with Crippen molar-refractivity contribution in [2.24, 2.45) is 5.41 Å². The lowest BCUT2D eigenvalue weighted by atomic mass is 9.91. The molecule has 0 amide bonds. The number of hydrogen-bond donors (Lipinski definition) is 1. The van der Waals surface area contributed by atoms with Gasteiger partial charge >= 0.3 is 0 Å². The van der Waals surface area contributed by atoms with E-state index in [0.717, 1.165) is 6.42 Å². The maximum atomic E-state index is 9.33. The van der Waals surface area contributed by atoms with Crippen molar-refractivity contribution in [3.63, 3.8) is 0 Å². The summed E-state index contributed by atoms with van der Waals surface area (Å²) in [6, 6.07) is 4.55. The van der Waals surface area contributed by atoms with Crippen LogP contribution in [0, 0.1) is 26.2 Å². The van der Waals surface area contributed by atoms with Gasteiger partial charge in [-0.05, 0) is 67.7 Å². The molecule has 1 fully saturated rings. The van der Waals surface area contributed by atoms with Crippen LogP contribution in [-0.2, 0) is 6.42 Å². The van der Waals surface area contributed by atoms with Crippen molar-refractivity contribution in [3.05, 3.63) is 34.4 Å². The van der Waals surface area contributed by atoms with Gasteiger partial charge in [0.1, 0.15) is 0 Å². The fourth-order valence-electron chi connectivity index (χ4n) is 2.18. The molecule has 1 aliphatic carbocycles. The van der Waals surface area contributed by atoms with E-state index in [9.17, 15) is 5.11 Å². The molecule has 0 unspecified atom stereocenters. The summed E-state index contributed by atoms with van der Waals surface area (Å²) in [7, 11) is 0. The third-order valence-corrected chi connectivity index (χ3v) is 3.81. The summed E-state index contributed by atoms with van der Waals surface area (Å²) in [5, 5.41) is 9.33. The molecule has 1 saturated carbocycles. The molecule has 0 atom stereocenters. The lowest BCUT2D eigenvalue weighted by Crippen LogP contribution is -2.11. The largest absolute Gasteiger partial charge is 0.396 e. The van der Waals surface area contributed by atoms with Crippen LogP contribution in [0.1, 0.15) is 35.1 Å². The van der Waals surface area contributed by atoms with E-state index in [-0.39, 0.29) is 5.41 Å². The molecule has 1 aromatic rings. The van der Waals surface area contributed by atoms with Crippen molar-refractivity contribution in [3.8, 4) is 0 Å². The van der Waals surface area contributed by atoms with Gasteiger partial charge < -0.3 is 5.11 Å². The van der Waals surface area contributed by atoms with Crippen LogP contribution in [0.4, 0.5) is 0 Å². The number of rotatable bonds is 3. The maximum absolute atomic E-state index is 9.33. The zero-order valence-electron chi connectivity index (χ0n) is 9.93. The molecule has 1 aromatic carbocycles. The van der Waals surface area contributed by atoms with Gasteiger partial charge in [0.2, 0.25) is 0 Å². The van der Waals surface area contributed by atoms with Gasteiger partial charge in [-0.1, -0.05) is 12.1 Å². The molecule has 82 valence electrons. The van der Waals surface area contributed by atoms with Crippen molar-refractivity contribution in [1.82, 2.24) is 0 Å². The van der Waals surface area contributed by atoms with Crippen LogP contribution in [0.3, 0.4) is 0 Å². The summed E-state index contributed by atoms with van der Waals surface area (Å²) in [6.45, 7) is 6.84. The molecule has 1 N–H and O–H groups in total. The van der Waals surface area contributed by atoms with E-state index in [1.807, 2.05) is 0 Å². The molecule has 2 rings (SSSR count). The Kier molecular flexibility index (Phi) is 2.59. The van der Waals surface area contributed by atoms with E-state index in [1.54, 1.807) is 0 Å². The molecule has 1 heteroatoms. The minimum Gasteiger partial charge on any atom is -0.396 e. The average molecular weight is 204 g/mol. The fourth-order valence-corrected chi connectivity index (χ4v) is 2.18. The van der Waals surface area contributed by atoms with E-state index in [0.29, 0.717) is 6.61 Å². The summed E-state index contributed by atoms with van der Waals surface area (Å²) in [5.41, 5.74) is 5.75. The number of aliphatic hydroxyl groups is 1. The monoisotopic (exact) mass is 204 g/mol. The van der Waals surface area contributed by atoms with Gasteiger partial charge in [0.25, 0.3) is 0 Å². The van der Waals surface area contributed by atoms with Crippen LogP contribution in [0.15, 0.2) is 12.1 Å². The number of hydrogen-bond acceptors (Lipinski definition) is 1. The first-order valence-electron chi connectivity index (χ1n) is 5.74. The van der Waals surface area contributed by atoms with Crippen LogP contribution in [0.5, 0.6) is 0 Å². The molecule has 0 bridgehead atoms. The smallest absolute Gasteiger partial charge is 0.0490 e. The van der Waals surface area contributed by atoms with E-state index in [1.165, 1.54) is 35.1 Å². The molecule has 0 heterocycles. The highest BCUT2D eigenvalue weighted by atomic mass is 16.3. The predicted molar refractivity (Wildman–Crippen MR) is 63.1 cm³/mol. The minimum absolute atomic E-state index is 0.229. The van der Waals surface area contributed by atoms with E-state index in [4.69, 9.17) is 0 Å². The highest BCUT2D eigenvalue weighted by Gasteiger charge is 2.42. The summed E-state index contributed by atoms with van der Waals surface area (Å²) >= 11 is 0. The standard InChI is InChI=1S/C14H20O/c1-10-6-12(3)13(7-11(10)2)8-14(9-15)4-5-14/h6-7,15H,4-5,8-9H2,1-3H3. The Balaban J connectivity index is 2.25. The lowest BCUT2D eigenvalue weighted by Gasteiger charge is -2.15. The van der Waals surface area contributed by atoms with E-state index < -0.39 is 0 Å². The van der Waals surface area contributed by atoms with Gasteiger partial charge in [0.15, 0.2) is 0 Å². The zero-order valence-corrected chi connectivity index (χ0v) is 9.93. The summed E-state index contributed by atoms with van der Waals surface area (Å²) in [6.07, 6.45) is 3.43. The van der Waals surface area contributed by atoms with Crippen LogP contribution >= 0.6 is 0 Å². The molecule has 0 saturated heterocycles. The van der Waals surface area contributed by atoms with Gasteiger partial charge in [-0.3, -0.25) is 0 Å². The first kappa shape index (κ1) is 10.7. The molecular weight excluding hydrogens is 184 g/mol. The third kappa shape index (κ3) is 2.07. The maximum Gasteiger partial charge on any atom is 0.0490 e. The van der Waals surface area contributed by atoms with Gasteiger partial charge in [-0.25, -0.2) is 0 Å². The molecule has 1 nitrogen and oxygen atoms in total. The first-order chi connectivity index (χ1) is 7.06. The molecule has 0 radical (unpaired) electrons. The summed E-state index contributed by atoms with van der Waals surface area (Å²) in [5.74, 6) is 0. The first-order valence-corrected chi connectivity index (χ1v) is 5.74. The van der Waals surface area contributed by atoms with Crippen molar-refractivity contribution in [2.75, 3.05) is 6.61 Å². The second-order valence-electron chi connectivity index (χ2n) is 5.20. The Bertz CT molecular complexity index is 375. The number of benzene rings is 1. The summed E-state index contributed by atoms with van der Waals surface area (Å²) < 4.78 is 0. The Morgan fingerprint density at radius 3 is 2.20 bits per heavy atom. The normalized spacial score (nSPS) is 17.9. The van der Waals surface area contributed by atoms with Gasteiger partial charge in [0.05, 0.1) is 0 Å². The molecular formula is C14H20O. The lowest BCUT2D eigenvalue weighted by molar-refractivity contribution is 0.211. The Labute approximate surface area is 92.1 Å². The Morgan fingerprint density at radius 1 is 1.07 bits per heavy atom. The predicted octanol–water partition coefficient (Wildman–Crippen LogP) is 2.93. The van der Waals surface area contributed by atoms with Crippen molar-refractivity contribution in [1.29, 1.82) is 0 Å². The highest BCUT2D eigenvalue weighted by molar-refractivity contribution is 5.37. The molecule has 0 spiro atoms. The molecule has 15 heavy (non-hydrogen) atoms. The third-order valence-electron chi connectivity index (χ3n) is 3.81. The second kappa shape index (κ2) is 3.64. The van der Waals surface area contributed by atoms with E-state index in [2.05, 4.69) is 32.9 Å². The molecule has 0 aliphatic heterocycles. The van der Waals surface area contributed by atoms with Crippen LogP contribution in [0.25, 0.3) is 0 Å². The molecule has 0 aromatic heterocycles. The van der Waals surface area contributed by atoms with Gasteiger partial charge in [0, 0.05) is 6.61 Å². The second-order valence-corrected chi connectivity index (χ2v) is 5.20. The Morgan fingerprint density at radius 2 is 1.67 bits per heavy atom. The fraction of sp³-hybridized carbons (Fsp3) is 0.571. The minimum atomic E-state index is 0.229. The van der Waals surface area contributed by atoms with Crippen molar-refractivity contribution >= 4 is 0 Å². The average Bonchev–Trinajstić information content (AvgIpc) is 2.95. The number of aryl methyl sites for hydroxylation is 3. The van der Waals surface area contributed by atoms with Crippen LogP contribution in [-0.4, -0.2) is 11.7 Å². The van der Waals surface area contributed by atoms with Crippen molar-refractivity contribution in [2.45, 2.75) is 40.0 Å². The molecule has 1 aliphatic rings. The van der Waals surface area contributed by atoms with Crippen LogP contribution < -0.4 is 0 Å². The topological polar surface area (TPSA) is 20.2 Å². The van der Waals surface area contributed by atoms with Gasteiger partial charge in [-0.2, -0.15) is 0 Å². The zero-order chi connectivity index (χ0) is 11.1. The summed E-state index contributed by atoms with van der Waals surface area (Å²) in [4.78, 5) is 0. The quantitative estimate of drug-likeness (QED) is 0.802. The Hall–Kier alpha value is -0.820. The van der Waals surface area contributed by atoms with E-state index >= 15 is 0 Å². The van der Waals surface area contributed by atoms with Gasteiger partial charge in [-0.15, -0.1) is 0 Å². The number of aliphatic hydroxyl groups excluding tert-OH is 1. The highest BCUT2D eigenvalue weighted by Crippen LogP contribution is 2.48. The SMILES string of the molecule is Cc1cc(C)c(CC2(CO)CC2)cc1C. The van der Waals surface area contributed by atoms with Crippen molar-refractivity contribution < 1.29 is 5.11 Å².